The van der Waals surface area contributed by atoms with Crippen LogP contribution in [0.25, 0.3) is 44.2 Å². The van der Waals surface area contributed by atoms with Crippen molar-refractivity contribution in [3.05, 3.63) is 65.4 Å². The normalized spacial score (nSPS) is 22.2. The second-order valence-electron chi connectivity index (χ2n) is 18.0. The summed E-state index contributed by atoms with van der Waals surface area (Å²) in [5, 5.41) is 7.29. The van der Waals surface area contributed by atoms with Gasteiger partial charge in [0.2, 0.25) is 11.8 Å². The number of aromatic nitrogens is 4. The monoisotopic (exact) mass is 890 g/mol. The molecule has 3 aromatic carbocycles. The molecule has 5 aromatic rings. The lowest BCUT2D eigenvalue weighted by Crippen LogP contribution is -2.55. The minimum Gasteiger partial charge on any atom is -0.488 e. The van der Waals surface area contributed by atoms with Crippen LogP contribution < -0.4 is 15.4 Å². The van der Waals surface area contributed by atoms with E-state index in [-0.39, 0.29) is 36.0 Å². The van der Waals surface area contributed by atoms with Crippen molar-refractivity contribution in [1.82, 2.24) is 40.4 Å². The van der Waals surface area contributed by atoms with Crippen LogP contribution >= 0.6 is 0 Å². The fourth-order valence-electron chi connectivity index (χ4n) is 10.0. The molecule has 2 saturated heterocycles. The Morgan fingerprint density at radius 1 is 0.723 bits per heavy atom. The molecule has 65 heavy (non-hydrogen) atoms. The van der Waals surface area contributed by atoms with Gasteiger partial charge in [0, 0.05) is 54.4 Å². The van der Waals surface area contributed by atoms with E-state index in [4.69, 9.17) is 33.7 Å². The lowest BCUT2D eigenvalue weighted by molar-refractivity contribution is -0.140. The first-order valence-electron chi connectivity index (χ1n) is 22.5. The van der Waals surface area contributed by atoms with Crippen molar-refractivity contribution in [1.29, 1.82) is 0 Å². The van der Waals surface area contributed by atoms with Crippen molar-refractivity contribution in [3.8, 4) is 28.1 Å². The van der Waals surface area contributed by atoms with Gasteiger partial charge in [0.05, 0.1) is 55.2 Å². The number of hydrogen-bond acceptors (Lipinski definition) is 11. The van der Waals surface area contributed by atoms with Gasteiger partial charge in [-0.15, -0.1) is 0 Å². The third-order valence-corrected chi connectivity index (χ3v) is 14.0. The van der Waals surface area contributed by atoms with Crippen LogP contribution in [0.3, 0.4) is 0 Å². The van der Waals surface area contributed by atoms with Crippen LogP contribution in [-0.2, 0) is 35.1 Å². The quantitative estimate of drug-likeness (QED) is 0.0990. The number of likely N-dealkylation sites (tertiary alicyclic amines) is 2. The number of amides is 4. The fraction of sp³-hybridized carbons (Fsp3) is 0.500. The van der Waals surface area contributed by atoms with Gasteiger partial charge in [0.25, 0.3) is 0 Å². The Kier molecular flexibility index (Phi) is 12.0. The highest BCUT2D eigenvalue weighted by atomic mass is 16.5. The Morgan fingerprint density at radius 3 is 1.89 bits per heavy atom. The maximum Gasteiger partial charge on any atom is 0.407 e. The first kappa shape index (κ1) is 44.0. The van der Waals surface area contributed by atoms with Crippen LogP contribution in [0.15, 0.2) is 42.5 Å². The maximum absolute atomic E-state index is 14.2. The highest BCUT2D eigenvalue weighted by Crippen LogP contribution is 2.48. The molecule has 1 saturated carbocycles. The number of methoxy groups -OCH3 is 4. The minimum atomic E-state index is -0.938. The molecule has 17 heteroatoms. The third kappa shape index (κ3) is 8.02. The Bertz CT molecular complexity index is 2660. The number of rotatable bonds is 12. The zero-order chi connectivity index (χ0) is 45.8. The van der Waals surface area contributed by atoms with Crippen LogP contribution in [0.2, 0.25) is 0 Å². The minimum absolute atomic E-state index is 0.0710. The lowest BCUT2D eigenvalue weighted by atomic mass is 9.92. The Labute approximate surface area is 377 Å². The molecule has 0 radical (unpaired) electrons. The van der Waals surface area contributed by atoms with Crippen molar-refractivity contribution in [2.24, 2.45) is 0 Å². The van der Waals surface area contributed by atoms with E-state index in [0.29, 0.717) is 24.8 Å². The maximum atomic E-state index is 14.2. The summed E-state index contributed by atoms with van der Waals surface area (Å²) in [5.41, 5.74) is 7.68. The number of nitrogens with one attached hydrogen (secondary N) is 4. The Morgan fingerprint density at radius 2 is 1.32 bits per heavy atom. The van der Waals surface area contributed by atoms with E-state index in [1.54, 1.807) is 18.7 Å². The predicted octanol–water partition coefficient (Wildman–Crippen LogP) is 7.17. The molecule has 9 rings (SSSR count). The standard InChI is InChI=1S/C48H58N8O9/c1-23-9-17-35(55(23)45(57)38(25(3)61-5)53-47(59)63-7)43-49-34-16-14-28-20-33-31-15-13-29(19-30(31)22-65-37(33)21-32(28)42(34)52-43)41-40(27-11-12-27)50-44(51-41)36-18-10-24(2)56(36)46(58)39(26(4)62-6)54-48(60)64-8/h13-16,19-21,23-27,35-36,38-39H,9-12,17-18,22H2,1-8H3,(H,49,52)(H,50,51)(H,53,59)(H,54,60)/t23-,24-,25+,26+,35-,36-,38?,39-/m0/s1. The first-order chi connectivity index (χ1) is 31.3. The second-order valence-corrected chi connectivity index (χ2v) is 18.0. The van der Waals surface area contributed by atoms with Gasteiger partial charge >= 0.3 is 12.2 Å². The summed E-state index contributed by atoms with van der Waals surface area (Å²) < 4.78 is 27.2. The van der Waals surface area contributed by atoms with Crippen molar-refractivity contribution in [3.63, 3.8) is 0 Å². The fourth-order valence-corrected chi connectivity index (χ4v) is 10.0. The van der Waals surface area contributed by atoms with E-state index in [1.165, 1.54) is 28.4 Å². The number of imidazole rings is 2. The molecule has 1 aliphatic carbocycles. The van der Waals surface area contributed by atoms with E-state index in [0.717, 1.165) is 99.1 Å². The van der Waals surface area contributed by atoms with Gasteiger partial charge in [-0.2, -0.15) is 0 Å². The average molecular weight is 891 g/mol. The number of alkyl carbamates (subject to hydrolysis) is 2. The molecule has 344 valence electrons. The van der Waals surface area contributed by atoms with E-state index in [2.05, 4.69) is 57.0 Å². The average Bonchev–Trinajstić information content (AvgIpc) is 3.58. The lowest BCUT2D eigenvalue weighted by Gasteiger charge is -2.33. The Balaban J connectivity index is 1.00. The van der Waals surface area contributed by atoms with Gasteiger partial charge in [-0.25, -0.2) is 19.6 Å². The molecule has 2 aromatic heterocycles. The summed E-state index contributed by atoms with van der Waals surface area (Å²) in [5.74, 6) is 2.03. The smallest absolute Gasteiger partial charge is 0.407 e. The van der Waals surface area contributed by atoms with Crippen molar-refractivity contribution >= 4 is 45.8 Å². The van der Waals surface area contributed by atoms with Gasteiger partial charge in [-0.1, -0.05) is 18.2 Å². The molecule has 8 atom stereocenters. The largest absolute Gasteiger partial charge is 0.488 e. The van der Waals surface area contributed by atoms with Gasteiger partial charge in [-0.05, 0) is 107 Å². The predicted molar refractivity (Wildman–Crippen MR) is 241 cm³/mol. The van der Waals surface area contributed by atoms with E-state index < -0.39 is 36.5 Å². The topological polar surface area (TPSA) is 202 Å². The van der Waals surface area contributed by atoms with Crippen LogP contribution in [0, 0.1) is 0 Å². The summed E-state index contributed by atoms with van der Waals surface area (Å²) >= 11 is 0. The van der Waals surface area contributed by atoms with Crippen molar-refractivity contribution < 1.29 is 42.9 Å². The molecular weight excluding hydrogens is 833 g/mol. The van der Waals surface area contributed by atoms with E-state index in [9.17, 15) is 19.2 Å². The first-order valence-corrected chi connectivity index (χ1v) is 22.5. The molecule has 0 bridgehead atoms. The van der Waals surface area contributed by atoms with Crippen LogP contribution in [0.4, 0.5) is 9.59 Å². The summed E-state index contributed by atoms with van der Waals surface area (Å²) in [7, 11) is 5.56. The van der Waals surface area contributed by atoms with Crippen LogP contribution in [-0.4, -0.2) is 119 Å². The van der Waals surface area contributed by atoms with Gasteiger partial charge in [0.1, 0.15) is 36.1 Å². The number of hydrogen-bond donors (Lipinski definition) is 4. The molecule has 4 amide bonds. The number of ether oxygens (including phenoxy) is 5. The summed E-state index contributed by atoms with van der Waals surface area (Å²) in [6, 6.07) is 12.1. The van der Waals surface area contributed by atoms with Crippen LogP contribution in [0.5, 0.6) is 5.75 Å². The molecule has 4 aliphatic rings. The number of carbonyl (C=O) groups is 4. The highest BCUT2D eigenvalue weighted by molar-refractivity contribution is 6.07. The summed E-state index contributed by atoms with van der Waals surface area (Å²) in [4.78, 5) is 74.0. The van der Waals surface area contributed by atoms with E-state index >= 15 is 0 Å². The summed E-state index contributed by atoms with van der Waals surface area (Å²) in [6.07, 6.45) is 2.57. The molecule has 4 N–H and O–H groups in total. The molecule has 3 aliphatic heterocycles. The number of benzene rings is 3. The Hall–Kier alpha value is -6.20. The molecule has 0 spiro atoms. The number of fused-ring (bicyclic) bond motifs is 6. The second kappa shape index (κ2) is 17.6. The van der Waals surface area contributed by atoms with Crippen molar-refractivity contribution in [2.45, 2.75) is 127 Å². The number of carbonyl (C=O) groups excluding carboxylic acids is 4. The zero-order valence-corrected chi connectivity index (χ0v) is 38.2. The summed E-state index contributed by atoms with van der Waals surface area (Å²) in [6.45, 7) is 7.90. The van der Waals surface area contributed by atoms with Gasteiger partial charge < -0.3 is 54.1 Å². The number of H-pyrrole nitrogens is 2. The zero-order valence-electron chi connectivity index (χ0n) is 38.2. The van der Waals surface area contributed by atoms with Gasteiger partial charge in [-0.3, -0.25) is 9.59 Å². The highest BCUT2D eigenvalue weighted by Gasteiger charge is 2.44. The van der Waals surface area contributed by atoms with E-state index in [1.807, 2.05) is 24.8 Å². The SMILES string of the molecule is COC(=O)NC(C(=O)N1[C@@H](C)CC[C@H]1c1nc2c(ccc3cc4c(cc32)OCc2cc(-c3nc([C@@H]5CC[C@H](C)N5C(=O)[C@@H](NC(=O)OC)[C@@H](C)OC)[nH]c3C3CC3)ccc2-4)[nH]1)[C@@H](C)OC. The van der Waals surface area contributed by atoms with Crippen LogP contribution in [0.1, 0.15) is 107 Å². The molecule has 1 unspecified atom stereocenters. The molecular formula is C48H58N8O9. The van der Waals surface area contributed by atoms with Gasteiger partial charge in [0.15, 0.2) is 0 Å². The van der Waals surface area contributed by atoms with Crippen molar-refractivity contribution in [2.75, 3.05) is 28.4 Å². The molecule has 5 heterocycles. The molecule has 17 nitrogen and oxygen atoms in total. The third-order valence-electron chi connectivity index (χ3n) is 14.0. The number of aromatic amines is 2. The molecule has 3 fully saturated rings. The number of nitrogens with zero attached hydrogens (tertiary/aromatic N) is 4.